The molecule has 1 heterocycles. The van der Waals surface area contributed by atoms with Crippen LogP contribution in [0.1, 0.15) is 44.5 Å². The molecule has 0 atom stereocenters. The molecule has 0 unspecified atom stereocenters. The highest BCUT2D eigenvalue weighted by Crippen LogP contribution is 2.26. The summed E-state index contributed by atoms with van der Waals surface area (Å²) < 4.78 is 1.73. The van der Waals surface area contributed by atoms with Crippen LogP contribution in [0.25, 0.3) is 5.69 Å². The number of hydrogen-bond acceptors (Lipinski definition) is 3. The number of amides is 3. The monoisotopic (exact) mass is 447 g/mol. The predicted octanol–water partition coefficient (Wildman–Crippen LogP) is 5.28. The van der Waals surface area contributed by atoms with E-state index in [1.807, 2.05) is 75.4 Å². The number of anilines is 2. The molecule has 3 amide bonds. The third kappa shape index (κ3) is 6.00. The highest BCUT2D eigenvalue weighted by atomic mass is 16.2. The Balaban J connectivity index is 1.75. The lowest BCUT2D eigenvalue weighted by Gasteiger charge is -2.21. The van der Waals surface area contributed by atoms with Gasteiger partial charge in [-0.2, -0.15) is 5.10 Å². The van der Waals surface area contributed by atoms with Gasteiger partial charge in [0.15, 0.2) is 0 Å². The van der Waals surface area contributed by atoms with Crippen LogP contribution in [0.2, 0.25) is 0 Å². The number of carbonyl (C=O) groups excluding carboxylic acids is 2. The van der Waals surface area contributed by atoms with E-state index in [0.29, 0.717) is 18.1 Å². The molecule has 0 aliphatic carbocycles. The lowest BCUT2D eigenvalue weighted by atomic mass is 9.92. The first-order chi connectivity index (χ1) is 15.6. The highest BCUT2D eigenvalue weighted by Gasteiger charge is 2.22. The van der Waals surface area contributed by atoms with Crippen LogP contribution >= 0.6 is 0 Å². The molecule has 0 saturated carbocycles. The minimum Gasteiger partial charge on any atom is -0.315 e. The summed E-state index contributed by atoms with van der Waals surface area (Å²) in [7, 11) is 0. The molecule has 0 bridgehead atoms. The van der Waals surface area contributed by atoms with E-state index in [-0.39, 0.29) is 23.9 Å². The first kappa shape index (κ1) is 24.0. The van der Waals surface area contributed by atoms with Crippen molar-refractivity contribution in [2.75, 3.05) is 23.7 Å². The Morgan fingerprint density at radius 3 is 2.27 bits per heavy atom. The van der Waals surface area contributed by atoms with Crippen molar-refractivity contribution in [3.63, 3.8) is 0 Å². The Morgan fingerprint density at radius 1 is 0.970 bits per heavy atom. The Kier molecular flexibility index (Phi) is 7.21. The fraction of sp³-hybridized carbons (Fsp3) is 0.346. The van der Waals surface area contributed by atoms with Gasteiger partial charge in [-0.1, -0.05) is 45.0 Å². The van der Waals surface area contributed by atoms with Crippen molar-refractivity contribution >= 4 is 23.4 Å². The molecular weight excluding hydrogens is 414 g/mol. The van der Waals surface area contributed by atoms with Gasteiger partial charge in [-0.05, 0) is 56.2 Å². The summed E-state index contributed by atoms with van der Waals surface area (Å²) in [6.45, 7) is 12.4. The van der Waals surface area contributed by atoms with E-state index in [0.717, 1.165) is 22.5 Å². The molecular formula is C26H33N5O2. The van der Waals surface area contributed by atoms with Gasteiger partial charge in [0.05, 0.1) is 11.4 Å². The molecule has 174 valence electrons. The number of para-hydroxylation sites is 1. The van der Waals surface area contributed by atoms with E-state index in [1.165, 1.54) is 4.90 Å². The van der Waals surface area contributed by atoms with E-state index in [1.54, 1.807) is 4.68 Å². The van der Waals surface area contributed by atoms with E-state index in [2.05, 4.69) is 31.4 Å². The molecule has 0 aliphatic heterocycles. The summed E-state index contributed by atoms with van der Waals surface area (Å²) in [6.07, 6.45) is 0. The maximum Gasteiger partial charge on any atom is 0.322 e. The van der Waals surface area contributed by atoms with E-state index in [4.69, 9.17) is 5.10 Å². The second-order valence-corrected chi connectivity index (χ2v) is 9.20. The van der Waals surface area contributed by atoms with E-state index < -0.39 is 0 Å². The quantitative estimate of drug-likeness (QED) is 0.540. The average molecular weight is 448 g/mol. The number of nitrogens with zero attached hydrogens (tertiary/aromatic N) is 3. The molecule has 0 spiro atoms. The highest BCUT2D eigenvalue weighted by molar-refractivity contribution is 5.96. The van der Waals surface area contributed by atoms with Crippen LogP contribution < -0.4 is 10.6 Å². The van der Waals surface area contributed by atoms with E-state index in [9.17, 15) is 9.59 Å². The SMILES string of the molecule is CCN(CC(=O)Nc1cc(C(C)(C)C)nn1-c1ccccc1)C(=O)Nc1ccc(C)c(C)c1. The van der Waals surface area contributed by atoms with Crippen LogP contribution in [0.15, 0.2) is 54.6 Å². The Bertz CT molecular complexity index is 1130. The van der Waals surface area contributed by atoms with Crippen molar-refractivity contribution in [1.29, 1.82) is 0 Å². The van der Waals surface area contributed by atoms with Gasteiger partial charge in [0.25, 0.3) is 0 Å². The maximum absolute atomic E-state index is 12.9. The van der Waals surface area contributed by atoms with Crippen LogP contribution in [0.4, 0.5) is 16.3 Å². The van der Waals surface area contributed by atoms with Crippen molar-refractivity contribution in [3.05, 3.63) is 71.4 Å². The van der Waals surface area contributed by atoms with Crippen LogP contribution in [-0.2, 0) is 10.2 Å². The standard InChI is InChI=1S/C26H33N5O2/c1-7-30(25(33)27-20-14-13-18(2)19(3)15-20)17-24(32)28-23-16-22(26(4,5)6)29-31(23)21-11-9-8-10-12-21/h8-16H,7,17H2,1-6H3,(H,27,33)(H,28,32). The Hall–Kier alpha value is -3.61. The number of urea groups is 1. The number of likely N-dealkylation sites (N-methyl/N-ethyl adjacent to an activating group) is 1. The van der Waals surface area contributed by atoms with Gasteiger partial charge in [0.2, 0.25) is 5.91 Å². The number of aromatic nitrogens is 2. The fourth-order valence-corrected chi connectivity index (χ4v) is 3.31. The van der Waals surface area contributed by atoms with Crippen molar-refractivity contribution < 1.29 is 9.59 Å². The largest absolute Gasteiger partial charge is 0.322 e. The normalized spacial score (nSPS) is 11.2. The Morgan fingerprint density at radius 2 is 1.67 bits per heavy atom. The zero-order valence-corrected chi connectivity index (χ0v) is 20.3. The number of hydrogen-bond donors (Lipinski definition) is 2. The molecule has 2 N–H and O–H groups in total. The molecule has 0 saturated heterocycles. The third-order valence-electron chi connectivity index (χ3n) is 5.51. The molecule has 2 aromatic carbocycles. The first-order valence-electron chi connectivity index (χ1n) is 11.2. The van der Waals surface area contributed by atoms with Gasteiger partial charge < -0.3 is 15.5 Å². The van der Waals surface area contributed by atoms with Gasteiger partial charge in [-0.3, -0.25) is 4.79 Å². The van der Waals surface area contributed by atoms with Crippen molar-refractivity contribution in [3.8, 4) is 5.69 Å². The molecule has 1 aromatic heterocycles. The summed E-state index contributed by atoms with van der Waals surface area (Å²) in [4.78, 5) is 27.1. The van der Waals surface area contributed by atoms with Crippen molar-refractivity contribution in [2.24, 2.45) is 0 Å². The number of carbonyl (C=O) groups is 2. The summed E-state index contributed by atoms with van der Waals surface area (Å²) in [6, 6.07) is 17.0. The van der Waals surface area contributed by atoms with Gasteiger partial charge in [-0.25, -0.2) is 9.48 Å². The maximum atomic E-state index is 12.9. The summed E-state index contributed by atoms with van der Waals surface area (Å²) in [5, 5.41) is 10.5. The summed E-state index contributed by atoms with van der Waals surface area (Å²) in [5.41, 5.74) is 4.49. The van der Waals surface area contributed by atoms with Crippen LogP contribution in [0.3, 0.4) is 0 Å². The molecule has 0 aliphatic rings. The molecule has 0 radical (unpaired) electrons. The smallest absolute Gasteiger partial charge is 0.315 e. The fourth-order valence-electron chi connectivity index (χ4n) is 3.31. The number of benzene rings is 2. The minimum absolute atomic E-state index is 0.0714. The molecule has 0 fully saturated rings. The summed E-state index contributed by atoms with van der Waals surface area (Å²) >= 11 is 0. The molecule has 33 heavy (non-hydrogen) atoms. The molecule has 7 nitrogen and oxygen atoms in total. The first-order valence-corrected chi connectivity index (χ1v) is 11.2. The average Bonchev–Trinajstić information content (AvgIpc) is 3.19. The lowest BCUT2D eigenvalue weighted by Crippen LogP contribution is -2.40. The van der Waals surface area contributed by atoms with Gasteiger partial charge >= 0.3 is 6.03 Å². The van der Waals surface area contributed by atoms with Crippen LogP contribution in [-0.4, -0.2) is 39.7 Å². The molecule has 3 aromatic rings. The minimum atomic E-state index is -0.317. The third-order valence-corrected chi connectivity index (χ3v) is 5.51. The second-order valence-electron chi connectivity index (χ2n) is 9.20. The molecule has 7 heteroatoms. The number of nitrogens with one attached hydrogen (secondary N) is 2. The number of rotatable bonds is 6. The second kappa shape index (κ2) is 9.90. The predicted molar refractivity (Wildman–Crippen MR) is 133 cm³/mol. The van der Waals surface area contributed by atoms with E-state index >= 15 is 0 Å². The van der Waals surface area contributed by atoms with Crippen molar-refractivity contribution in [1.82, 2.24) is 14.7 Å². The lowest BCUT2D eigenvalue weighted by molar-refractivity contribution is -0.116. The van der Waals surface area contributed by atoms with Crippen molar-refractivity contribution in [2.45, 2.75) is 47.0 Å². The topological polar surface area (TPSA) is 79.3 Å². The summed E-state index contributed by atoms with van der Waals surface area (Å²) in [5.74, 6) is 0.284. The van der Waals surface area contributed by atoms with Gasteiger partial charge in [0, 0.05) is 23.7 Å². The van der Waals surface area contributed by atoms with Gasteiger partial charge in [-0.15, -0.1) is 0 Å². The van der Waals surface area contributed by atoms with Gasteiger partial charge in [0.1, 0.15) is 12.4 Å². The van der Waals surface area contributed by atoms with Crippen LogP contribution in [0.5, 0.6) is 0 Å². The number of aryl methyl sites for hydroxylation is 2. The Labute approximate surface area is 195 Å². The zero-order valence-electron chi connectivity index (χ0n) is 20.3. The van der Waals surface area contributed by atoms with Crippen LogP contribution in [0, 0.1) is 13.8 Å². The zero-order chi connectivity index (χ0) is 24.2. The molecule has 3 rings (SSSR count).